The van der Waals surface area contributed by atoms with Crippen LogP contribution in [0.4, 0.5) is 0 Å². The quantitative estimate of drug-likeness (QED) is 0.715. The minimum atomic E-state index is -0.550. The molecule has 0 unspecified atom stereocenters. The van der Waals surface area contributed by atoms with Gasteiger partial charge in [0, 0.05) is 62.7 Å². The van der Waals surface area contributed by atoms with Crippen molar-refractivity contribution in [3.8, 4) is 0 Å². The topological polar surface area (TPSA) is 91.3 Å². The van der Waals surface area contributed by atoms with E-state index < -0.39 is 11.7 Å². The number of piperazine rings is 1. The summed E-state index contributed by atoms with van der Waals surface area (Å²) in [6, 6.07) is 8.81. The SMILES string of the molecule is COC/C=C\NC1=NC=C(C(=O)C(=O)N2CCN(C(=O)c3ccccc3)C[C@H]2C)C1. The van der Waals surface area contributed by atoms with Gasteiger partial charge in [0.2, 0.25) is 5.78 Å². The number of ether oxygens (including phenoxy) is 1. The highest BCUT2D eigenvalue weighted by atomic mass is 16.5. The van der Waals surface area contributed by atoms with Gasteiger partial charge in [-0.3, -0.25) is 14.4 Å². The van der Waals surface area contributed by atoms with E-state index in [-0.39, 0.29) is 18.4 Å². The van der Waals surface area contributed by atoms with Crippen LogP contribution in [0.1, 0.15) is 23.7 Å². The summed E-state index contributed by atoms with van der Waals surface area (Å²) in [5.74, 6) is -0.562. The van der Waals surface area contributed by atoms with Gasteiger partial charge in [-0.25, -0.2) is 4.99 Å². The highest BCUT2D eigenvalue weighted by Gasteiger charge is 2.34. The molecule has 1 atom stereocenters. The van der Waals surface area contributed by atoms with Crippen LogP contribution in [-0.2, 0) is 14.3 Å². The second-order valence-electron chi connectivity index (χ2n) is 7.20. The maximum atomic E-state index is 12.8. The fraction of sp³-hybridized carbons (Fsp3) is 0.364. The minimum Gasteiger partial charge on any atom is -0.381 e. The summed E-state index contributed by atoms with van der Waals surface area (Å²) in [5.41, 5.74) is 0.978. The molecule has 0 spiro atoms. The Kier molecular flexibility index (Phi) is 7.13. The number of ketones is 1. The molecule has 2 aliphatic heterocycles. The summed E-state index contributed by atoms with van der Waals surface area (Å²) in [6.07, 6.45) is 5.19. The molecule has 1 N–H and O–H groups in total. The molecule has 3 rings (SSSR count). The van der Waals surface area contributed by atoms with Crippen molar-refractivity contribution in [1.29, 1.82) is 0 Å². The fourth-order valence-corrected chi connectivity index (χ4v) is 3.43. The molecule has 158 valence electrons. The van der Waals surface area contributed by atoms with Crippen molar-refractivity contribution in [2.24, 2.45) is 4.99 Å². The standard InChI is InChI=1S/C22H26N4O4/c1-16-15-25(21(28)17-7-4-3-5-8-17)10-11-26(16)22(29)20(27)18-13-19(24-14-18)23-9-6-12-30-2/h3-9,14,16H,10-13,15H2,1-2H3,(H,23,24)/b9-6-/t16-/m1/s1. The number of amidine groups is 1. The Labute approximate surface area is 175 Å². The minimum absolute atomic E-state index is 0.0648. The second kappa shape index (κ2) is 9.98. The highest BCUT2D eigenvalue weighted by molar-refractivity contribution is 6.43. The van der Waals surface area contributed by atoms with Gasteiger partial charge < -0.3 is 19.9 Å². The number of Topliss-reactive ketones (excluding diaryl/α,β-unsaturated/α-hetero) is 1. The number of carbonyl (C=O) groups is 3. The predicted octanol–water partition coefficient (Wildman–Crippen LogP) is 1.36. The van der Waals surface area contributed by atoms with Gasteiger partial charge in [0.05, 0.1) is 6.61 Å². The summed E-state index contributed by atoms with van der Waals surface area (Å²) < 4.78 is 4.91. The lowest BCUT2D eigenvalue weighted by Gasteiger charge is -2.39. The van der Waals surface area contributed by atoms with Crippen LogP contribution < -0.4 is 5.32 Å². The van der Waals surface area contributed by atoms with Gasteiger partial charge in [0.1, 0.15) is 5.84 Å². The van der Waals surface area contributed by atoms with Crippen LogP contribution >= 0.6 is 0 Å². The molecule has 0 saturated carbocycles. The first-order valence-electron chi connectivity index (χ1n) is 9.87. The third kappa shape index (κ3) is 5.01. The van der Waals surface area contributed by atoms with Crippen LogP contribution in [0.2, 0.25) is 0 Å². The molecule has 1 aromatic rings. The van der Waals surface area contributed by atoms with Crippen molar-refractivity contribution in [2.75, 3.05) is 33.4 Å². The lowest BCUT2D eigenvalue weighted by atomic mass is 10.1. The molecule has 0 radical (unpaired) electrons. The molecule has 1 saturated heterocycles. The Morgan fingerprint density at radius 3 is 2.70 bits per heavy atom. The predicted molar refractivity (Wildman–Crippen MR) is 113 cm³/mol. The van der Waals surface area contributed by atoms with Crippen LogP contribution in [0.5, 0.6) is 0 Å². The average Bonchev–Trinajstić information content (AvgIpc) is 3.24. The van der Waals surface area contributed by atoms with Gasteiger partial charge >= 0.3 is 0 Å². The number of hydrogen-bond donors (Lipinski definition) is 1. The first-order valence-corrected chi connectivity index (χ1v) is 9.87. The van der Waals surface area contributed by atoms with Gasteiger partial charge in [0.25, 0.3) is 11.8 Å². The maximum absolute atomic E-state index is 12.8. The Morgan fingerprint density at radius 1 is 1.23 bits per heavy atom. The largest absolute Gasteiger partial charge is 0.381 e. The molecule has 0 aromatic heterocycles. The molecule has 8 heteroatoms. The lowest BCUT2D eigenvalue weighted by molar-refractivity contribution is -0.145. The number of amides is 2. The van der Waals surface area contributed by atoms with Crippen LogP contribution in [0, 0.1) is 0 Å². The second-order valence-corrected chi connectivity index (χ2v) is 7.20. The Balaban J connectivity index is 1.53. The third-order valence-corrected chi connectivity index (χ3v) is 5.05. The molecule has 1 fully saturated rings. The number of carbonyl (C=O) groups excluding carboxylic acids is 3. The molecule has 2 amide bonds. The zero-order chi connectivity index (χ0) is 21.5. The molecular weight excluding hydrogens is 384 g/mol. The van der Waals surface area contributed by atoms with Crippen LogP contribution in [-0.4, -0.2) is 72.6 Å². The van der Waals surface area contributed by atoms with E-state index in [1.54, 1.807) is 41.3 Å². The molecule has 0 aliphatic carbocycles. The molecular formula is C22H26N4O4. The number of benzene rings is 1. The van der Waals surface area contributed by atoms with Crippen LogP contribution in [0.25, 0.3) is 0 Å². The van der Waals surface area contributed by atoms with Crippen molar-refractivity contribution in [3.63, 3.8) is 0 Å². The number of rotatable bonds is 6. The first kappa shape index (κ1) is 21.4. The zero-order valence-electron chi connectivity index (χ0n) is 17.2. The van der Waals surface area contributed by atoms with Crippen molar-refractivity contribution in [1.82, 2.24) is 15.1 Å². The van der Waals surface area contributed by atoms with E-state index in [1.165, 1.54) is 6.20 Å². The Morgan fingerprint density at radius 2 is 2.00 bits per heavy atom. The normalized spacial score (nSPS) is 18.9. The number of hydrogen-bond acceptors (Lipinski definition) is 6. The molecule has 0 bridgehead atoms. The molecule has 8 nitrogen and oxygen atoms in total. The van der Waals surface area contributed by atoms with E-state index in [4.69, 9.17) is 4.74 Å². The van der Waals surface area contributed by atoms with E-state index in [2.05, 4.69) is 10.3 Å². The molecule has 30 heavy (non-hydrogen) atoms. The smallest absolute Gasteiger partial charge is 0.295 e. The zero-order valence-corrected chi connectivity index (χ0v) is 17.2. The third-order valence-electron chi connectivity index (χ3n) is 5.05. The van der Waals surface area contributed by atoms with E-state index in [0.717, 1.165) is 0 Å². The van der Waals surface area contributed by atoms with Gasteiger partial charge in [0.15, 0.2) is 0 Å². The van der Waals surface area contributed by atoms with Crippen molar-refractivity contribution < 1.29 is 19.1 Å². The van der Waals surface area contributed by atoms with Gasteiger partial charge in [-0.15, -0.1) is 0 Å². The van der Waals surface area contributed by atoms with Crippen molar-refractivity contribution >= 4 is 23.4 Å². The number of aliphatic imine (C=N–C) groups is 1. The van der Waals surface area contributed by atoms with Gasteiger partial charge in [-0.2, -0.15) is 0 Å². The van der Waals surface area contributed by atoms with Crippen molar-refractivity contribution in [2.45, 2.75) is 19.4 Å². The number of methoxy groups -OCH3 is 1. The van der Waals surface area contributed by atoms with Crippen LogP contribution in [0.15, 0.2) is 59.4 Å². The van der Waals surface area contributed by atoms with Gasteiger partial charge in [-0.05, 0) is 25.1 Å². The summed E-state index contributed by atoms with van der Waals surface area (Å²) in [7, 11) is 1.60. The van der Waals surface area contributed by atoms with E-state index in [0.29, 0.717) is 43.2 Å². The lowest BCUT2D eigenvalue weighted by Crippen LogP contribution is -2.57. The molecule has 2 aliphatic rings. The summed E-state index contributed by atoms with van der Waals surface area (Å²) in [6.45, 7) is 3.42. The Hall–Kier alpha value is -3.26. The Bertz CT molecular complexity index is 892. The maximum Gasteiger partial charge on any atom is 0.295 e. The van der Waals surface area contributed by atoms with E-state index >= 15 is 0 Å². The monoisotopic (exact) mass is 410 g/mol. The summed E-state index contributed by atoms with van der Waals surface area (Å²) >= 11 is 0. The van der Waals surface area contributed by atoms with Gasteiger partial charge in [-0.1, -0.05) is 18.2 Å². The fourth-order valence-electron chi connectivity index (χ4n) is 3.43. The van der Waals surface area contributed by atoms with E-state index in [1.807, 2.05) is 25.1 Å². The first-order chi connectivity index (χ1) is 14.5. The van der Waals surface area contributed by atoms with Crippen molar-refractivity contribution in [3.05, 3.63) is 59.9 Å². The number of nitrogens with one attached hydrogen (secondary N) is 1. The molecule has 2 heterocycles. The van der Waals surface area contributed by atoms with Crippen LogP contribution in [0.3, 0.4) is 0 Å². The highest BCUT2D eigenvalue weighted by Crippen LogP contribution is 2.17. The molecule has 1 aromatic carbocycles. The number of nitrogens with zero attached hydrogens (tertiary/aromatic N) is 3. The summed E-state index contributed by atoms with van der Waals surface area (Å²) in [4.78, 5) is 45.5. The van der Waals surface area contributed by atoms with E-state index in [9.17, 15) is 14.4 Å². The average molecular weight is 410 g/mol. The summed E-state index contributed by atoms with van der Waals surface area (Å²) in [5, 5.41) is 2.98.